The van der Waals surface area contributed by atoms with Crippen LogP contribution in [0.1, 0.15) is 49.3 Å². The molecule has 0 saturated carbocycles. The fourth-order valence-corrected chi connectivity index (χ4v) is 4.29. The van der Waals surface area contributed by atoms with Crippen LogP contribution in [-0.4, -0.2) is 72.7 Å². The molecule has 7 nitrogen and oxygen atoms in total. The highest BCUT2D eigenvalue weighted by Crippen LogP contribution is 2.19. The van der Waals surface area contributed by atoms with E-state index in [0.29, 0.717) is 44.9 Å². The fourth-order valence-electron chi connectivity index (χ4n) is 4.29. The summed E-state index contributed by atoms with van der Waals surface area (Å²) >= 11 is 0. The Hall–Kier alpha value is -2.90. The first-order chi connectivity index (χ1) is 16.7. The zero-order chi connectivity index (χ0) is 25.4. The van der Waals surface area contributed by atoms with Gasteiger partial charge in [0.05, 0.1) is 25.3 Å². The molecule has 0 unspecified atom stereocenters. The van der Waals surface area contributed by atoms with Gasteiger partial charge in [0.15, 0.2) is 0 Å². The van der Waals surface area contributed by atoms with Crippen molar-refractivity contribution in [3.05, 3.63) is 65.2 Å². The summed E-state index contributed by atoms with van der Waals surface area (Å²) in [5, 5.41) is 14.5. The minimum atomic E-state index is -0.796. The Morgan fingerprint density at radius 2 is 1.86 bits per heavy atom. The molecule has 2 N–H and O–H groups in total. The smallest absolute Gasteiger partial charge is 0.242 e. The second-order valence-electron chi connectivity index (χ2n) is 9.72. The highest BCUT2D eigenvalue weighted by Gasteiger charge is 2.28. The second-order valence-corrected chi connectivity index (χ2v) is 9.72. The molecular formula is C28H39N3O4. The van der Waals surface area contributed by atoms with Gasteiger partial charge in [-0.25, -0.2) is 0 Å². The van der Waals surface area contributed by atoms with Crippen molar-refractivity contribution in [2.24, 2.45) is 0 Å². The van der Waals surface area contributed by atoms with E-state index in [2.05, 4.69) is 43.4 Å². The molecule has 7 heteroatoms. The van der Waals surface area contributed by atoms with E-state index in [9.17, 15) is 14.7 Å². The topological polar surface area (TPSA) is 82.1 Å². The summed E-state index contributed by atoms with van der Waals surface area (Å²) in [6.45, 7) is 5.71. The Morgan fingerprint density at radius 1 is 1.09 bits per heavy atom. The van der Waals surface area contributed by atoms with Crippen LogP contribution in [0, 0.1) is 0 Å². The van der Waals surface area contributed by atoms with Crippen LogP contribution >= 0.6 is 0 Å². The molecular weight excluding hydrogens is 442 g/mol. The summed E-state index contributed by atoms with van der Waals surface area (Å²) in [5.74, 6) is 0.892. The van der Waals surface area contributed by atoms with Gasteiger partial charge in [0, 0.05) is 33.6 Å². The summed E-state index contributed by atoms with van der Waals surface area (Å²) in [5.41, 5.74) is 3.42. The van der Waals surface area contributed by atoms with E-state index in [1.165, 1.54) is 10.5 Å². The lowest BCUT2D eigenvalue weighted by atomic mass is 9.99. The Kier molecular flexibility index (Phi) is 9.69. The quantitative estimate of drug-likeness (QED) is 0.663. The van der Waals surface area contributed by atoms with E-state index >= 15 is 0 Å². The zero-order valence-corrected chi connectivity index (χ0v) is 21.4. The van der Waals surface area contributed by atoms with Crippen molar-refractivity contribution in [1.82, 2.24) is 15.1 Å². The van der Waals surface area contributed by atoms with Crippen molar-refractivity contribution in [2.75, 3.05) is 33.8 Å². The molecule has 3 rings (SSSR count). The van der Waals surface area contributed by atoms with Gasteiger partial charge >= 0.3 is 0 Å². The van der Waals surface area contributed by atoms with E-state index in [1.54, 1.807) is 19.0 Å². The molecule has 1 aliphatic heterocycles. The lowest BCUT2D eigenvalue weighted by Crippen LogP contribution is -2.52. The molecule has 2 aromatic carbocycles. The van der Waals surface area contributed by atoms with Crippen molar-refractivity contribution >= 4 is 11.8 Å². The van der Waals surface area contributed by atoms with E-state index < -0.39 is 12.1 Å². The average Bonchev–Trinajstić information content (AvgIpc) is 2.84. The van der Waals surface area contributed by atoms with Crippen molar-refractivity contribution in [1.29, 1.82) is 0 Å². The number of hydrogen-bond acceptors (Lipinski definition) is 5. The van der Waals surface area contributed by atoms with Crippen LogP contribution in [0.2, 0.25) is 0 Å². The number of aliphatic hydroxyl groups is 1. The van der Waals surface area contributed by atoms with Crippen molar-refractivity contribution < 1.29 is 19.4 Å². The summed E-state index contributed by atoms with van der Waals surface area (Å²) in [4.78, 5) is 28.5. The molecule has 2 amide bonds. The third-order valence-corrected chi connectivity index (χ3v) is 6.58. The lowest BCUT2D eigenvalue weighted by Gasteiger charge is -2.34. The molecule has 1 aliphatic rings. The van der Waals surface area contributed by atoms with Crippen LogP contribution in [0.5, 0.6) is 5.75 Å². The zero-order valence-electron chi connectivity index (χ0n) is 21.4. The lowest BCUT2D eigenvalue weighted by molar-refractivity contribution is -0.141. The van der Waals surface area contributed by atoms with Gasteiger partial charge < -0.3 is 25.0 Å². The first kappa shape index (κ1) is 26.7. The number of benzene rings is 2. The number of likely N-dealkylation sites (N-methyl/N-ethyl adjacent to an activating group) is 2. The Morgan fingerprint density at radius 3 is 2.63 bits per heavy atom. The van der Waals surface area contributed by atoms with E-state index in [4.69, 9.17) is 4.74 Å². The molecule has 190 valence electrons. The molecule has 2 aromatic rings. The number of fused-ring (bicyclic) bond motifs is 2. The molecule has 0 spiro atoms. The standard InChI is InChI=1S/C28H39N3O4/c1-20(2)23-10-5-9-22(14-23)17-29-18-26(32)25-16-21-8-6-11-24(15-21)35-13-7-12-27(33)30(3)19-28(34)31(25)4/h5-6,8-11,14-15,20,25-26,29,32H,7,12-13,16-19H2,1-4H3/t25-,26+/m0/s1. The minimum Gasteiger partial charge on any atom is -0.494 e. The molecule has 0 saturated heterocycles. The number of amides is 2. The Bertz CT molecular complexity index is 994. The average molecular weight is 482 g/mol. The van der Waals surface area contributed by atoms with Crippen LogP contribution in [0.15, 0.2) is 48.5 Å². The predicted octanol–water partition coefficient (Wildman–Crippen LogP) is 2.96. The number of aliphatic hydroxyl groups excluding tert-OH is 1. The molecule has 35 heavy (non-hydrogen) atoms. The van der Waals surface area contributed by atoms with Gasteiger partial charge in [-0.15, -0.1) is 0 Å². The first-order valence-electron chi connectivity index (χ1n) is 12.4. The Balaban J connectivity index is 1.74. The number of nitrogens with one attached hydrogen (secondary N) is 1. The highest BCUT2D eigenvalue weighted by molar-refractivity contribution is 5.84. The van der Waals surface area contributed by atoms with Crippen molar-refractivity contribution in [2.45, 2.75) is 57.7 Å². The van der Waals surface area contributed by atoms with Crippen LogP contribution in [0.4, 0.5) is 0 Å². The largest absolute Gasteiger partial charge is 0.494 e. The third-order valence-electron chi connectivity index (χ3n) is 6.58. The van der Waals surface area contributed by atoms with Gasteiger partial charge in [-0.05, 0) is 47.6 Å². The number of carbonyl (C=O) groups excluding carboxylic acids is 2. The maximum atomic E-state index is 13.1. The Labute approximate surface area is 209 Å². The number of carbonyl (C=O) groups is 2. The minimum absolute atomic E-state index is 0.0190. The van der Waals surface area contributed by atoms with E-state index in [1.807, 2.05) is 24.3 Å². The molecule has 2 bridgehead atoms. The fraction of sp³-hybridized carbons (Fsp3) is 0.500. The van der Waals surface area contributed by atoms with Crippen LogP contribution < -0.4 is 10.1 Å². The van der Waals surface area contributed by atoms with Crippen molar-refractivity contribution in [3.63, 3.8) is 0 Å². The van der Waals surface area contributed by atoms with Crippen LogP contribution in [0.3, 0.4) is 0 Å². The number of hydrogen-bond donors (Lipinski definition) is 2. The maximum absolute atomic E-state index is 13.1. The molecule has 1 heterocycles. The van der Waals surface area contributed by atoms with Gasteiger partial charge in [-0.1, -0.05) is 50.2 Å². The SMILES string of the molecule is CC(C)c1cccc(CNC[C@@H](O)[C@@H]2Cc3cccc(c3)OCCCC(=O)N(C)CC(=O)N2C)c1. The van der Waals surface area contributed by atoms with Crippen molar-refractivity contribution in [3.8, 4) is 5.75 Å². The molecule has 0 aromatic heterocycles. The van der Waals surface area contributed by atoms with Crippen LogP contribution in [0.25, 0.3) is 0 Å². The number of rotatable bonds is 6. The monoisotopic (exact) mass is 481 g/mol. The number of ether oxygens (including phenoxy) is 1. The summed E-state index contributed by atoms with van der Waals surface area (Å²) in [6.07, 6.45) is 0.588. The van der Waals surface area contributed by atoms with Gasteiger partial charge in [-0.3, -0.25) is 9.59 Å². The van der Waals surface area contributed by atoms with Crippen LogP contribution in [-0.2, 0) is 22.6 Å². The normalized spacial score (nSPS) is 18.9. The summed E-state index contributed by atoms with van der Waals surface area (Å²) in [6, 6.07) is 15.7. The first-order valence-corrected chi connectivity index (χ1v) is 12.4. The number of nitrogens with zero attached hydrogens (tertiary/aromatic N) is 2. The second kappa shape index (κ2) is 12.7. The predicted molar refractivity (Wildman–Crippen MR) is 137 cm³/mol. The van der Waals surface area contributed by atoms with Gasteiger partial charge in [-0.2, -0.15) is 0 Å². The summed E-state index contributed by atoms with van der Waals surface area (Å²) < 4.78 is 5.83. The van der Waals surface area contributed by atoms with Gasteiger partial charge in [0.2, 0.25) is 11.8 Å². The summed E-state index contributed by atoms with van der Waals surface area (Å²) in [7, 11) is 3.34. The van der Waals surface area contributed by atoms with E-state index in [0.717, 1.165) is 16.9 Å². The maximum Gasteiger partial charge on any atom is 0.242 e. The molecule has 0 radical (unpaired) electrons. The highest BCUT2D eigenvalue weighted by atomic mass is 16.5. The van der Waals surface area contributed by atoms with Gasteiger partial charge in [0.25, 0.3) is 0 Å². The molecule has 2 atom stereocenters. The van der Waals surface area contributed by atoms with Gasteiger partial charge in [0.1, 0.15) is 5.75 Å². The third kappa shape index (κ3) is 7.80. The van der Waals surface area contributed by atoms with E-state index in [-0.39, 0.29) is 18.4 Å². The molecule has 0 fully saturated rings. The molecule has 0 aliphatic carbocycles.